The van der Waals surface area contributed by atoms with Gasteiger partial charge in [-0.3, -0.25) is 19.2 Å². The van der Waals surface area contributed by atoms with Crippen LogP contribution in [0.2, 0.25) is 0 Å². The van der Waals surface area contributed by atoms with Gasteiger partial charge in [0.1, 0.15) is 30.1 Å². The number of aliphatic hydroxyl groups excluding tert-OH is 2. The molecule has 1 aliphatic carbocycles. The fraction of sp³-hybridized carbons (Fsp3) is 0.740. The van der Waals surface area contributed by atoms with Crippen molar-refractivity contribution in [2.45, 2.75) is 167 Å². The number of allylic oxidation sites excluding steroid dienone is 6. The molecular weight excluding hydrogens is 823 g/mol. The minimum atomic E-state index is -2.43. The fourth-order valence-corrected chi connectivity index (χ4v) is 10.9. The van der Waals surface area contributed by atoms with Crippen LogP contribution in [-0.2, 0) is 47.7 Å². The Labute approximate surface area is 379 Å². The van der Waals surface area contributed by atoms with Crippen LogP contribution in [0, 0.1) is 41.4 Å². The average molecular weight is 898 g/mol. The number of nitrogens with zero attached hydrogens (tertiary/aromatic N) is 1. The third-order valence-electron chi connectivity index (χ3n) is 14.9. The van der Waals surface area contributed by atoms with Gasteiger partial charge in [-0.1, -0.05) is 64.2 Å². The quantitative estimate of drug-likeness (QED) is 0.181. The van der Waals surface area contributed by atoms with Gasteiger partial charge in [-0.2, -0.15) is 0 Å². The highest BCUT2D eigenvalue weighted by Crippen LogP contribution is 2.45. The van der Waals surface area contributed by atoms with Crippen LogP contribution >= 0.6 is 0 Å². The number of esters is 1. The second kappa shape index (κ2) is 22.9. The normalized spacial score (nSPS) is 43.2. The lowest BCUT2D eigenvalue weighted by atomic mass is 9.68. The summed E-state index contributed by atoms with van der Waals surface area (Å²) in [7, 11) is 4.52. The summed E-state index contributed by atoms with van der Waals surface area (Å²) in [6.45, 7) is 10.9. The summed E-state index contributed by atoms with van der Waals surface area (Å²) in [6, 6.07) is -1.12. The number of rotatable bonds is 5. The first kappa shape index (κ1) is 51.6. The SMILES string of the molecule is CO[C@H]1CC2CC[C@@H](C)C(O)(O2)C(=O)C(=O)N2CCCC3C2C(=O)O[C@@H](CC(=O)[C@H](C)/C=C(\C)[C@@H](O)[C@@H](OC)C(=O)[C@H](C)C[C@H](C)/C=C/C=C/C=C/1C)[C@H]3C[C@@H]1CC[C@@H](O)[C@H](OC)C1. The number of ketones is 3. The minimum Gasteiger partial charge on any atom is -0.460 e. The Morgan fingerprint density at radius 1 is 0.844 bits per heavy atom. The van der Waals surface area contributed by atoms with Crippen LogP contribution in [0.4, 0.5) is 0 Å². The molecule has 4 aliphatic heterocycles. The Morgan fingerprint density at radius 2 is 1.58 bits per heavy atom. The van der Waals surface area contributed by atoms with Gasteiger partial charge in [0.25, 0.3) is 11.7 Å². The number of piperidine rings is 1. The van der Waals surface area contributed by atoms with Gasteiger partial charge in [-0.05, 0) is 101 Å². The first-order valence-corrected chi connectivity index (χ1v) is 23.5. The number of Topliss-reactive ketones (excluding diaryl/α,β-unsaturated/α-hetero) is 3. The van der Waals surface area contributed by atoms with Crippen molar-refractivity contribution in [3.05, 3.63) is 47.6 Å². The molecule has 0 aromatic rings. The summed E-state index contributed by atoms with van der Waals surface area (Å²) in [5.41, 5.74) is 1.28. The number of ether oxygens (including phenoxy) is 5. The van der Waals surface area contributed by atoms with Gasteiger partial charge in [0.05, 0.1) is 24.4 Å². The van der Waals surface area contributed by atoms with Crippen molar-refractivity contribution in [3.8, 4) is 0 Å². The molecule has 1 amide bonds. The van der Waals surface area contributed by atoms with E-state index in [1.807, 2.05) is 51.2 Å². The maximum Gasteiger partial charge on any atom is 0.329 e. The van der Waals surface area contributed by atoms with E-state index in [0.717, 1.165) is 5.57 Å². The second-order valence-electron chi connectivity index (χ2n) is 19.5. The molecule has 14 heteroatoms. The lowest BCUT2D eigenvalue weighted by Gasteiger charge is -2.50. The predicted molar refractivity (Wildman–Crippen MR) is 238 cm³/mol. The van der Waals surface area contributed by atoms with Gasteiger partial charge in [0.2, 0.25) is 5.79 Å². The molecule has 1 saturated carbocycles. The van der Waals surface area contributed by atoms with Crippen LogP contribution in [-0.4, -0.2) is 132 Å². The van der Waals surface area contributed by atoms with E-state index >= 15 is 0 Å². The van der Waals surface area contributed by atoms with Crippen molar-refractivity contribution >= 4 is 29.2 Å². The Hall–Kier alpha value is -3.37. The monoisotopic (exact) mass is 898 g/mol. The zero-order chi connectivity index (χ0) is 47.0. The first-order chi connectivity index (χ1) is 30.3. The number of carbonyl (C=O) groups is 5. The summed E-state index contributed by atoms with van der Waals surface area (Å²) in [6.07, 6.45) is 10.8. The molecule has 4 fully saturated rings. The van der Waals surface area contributed by atoms with Crippen molar-refractivity contribution in [3.63, 3.8) is 0 Å². The van der Waals surface area contributed by atoms with Gasteiger partial charge in [0, 0.05) is 64.4 Å². The van der Waals surface area contributed by atoms with E-state index in [1.165, 1.54) is 12.0 Å². The maximum atomic E-state index is 14.4. The minimum absolute atomic E-state index is 0.0231. The zero-order valence-electron chi connectivity index (χ0n) is 39.5. The van der Waals surface area contributed by atoms with E-state index in [-0.39, 0.29) is 42.5 Å². The van der Waals surface area contributed by atoms with Gasteiger partial charge in [-0.25, -0.2) is 4.79 Å². The average Bonchev–Trinajstić information content (AvgIpc) is 3.27. The first-order valence-electron chi connectivity index (χ1n) is 23.5. The molecule has 0 aromatic carbocycles. The lowest BCUT2D eigenvalue weighted by molar-refractivity contribution is -0.266. The van der Waals surface area contributed by atoms with E-state index in [1.54, 1.807) is 41.1 Å². The molecule has 0 aromatic heterocycles. The number of fused-ring (bicyclic) bond motifs is 3. The third kappa shape index (κ3) is 12.0. The number of aliphatic hydroxyl groups is 3. The topological polar surface area (TPSA) is 195 Å². The van der Waals surface area contributed by atoms with E-state index in [4.69, 9.17) is 23.7 Å². The van der Waals surface area contributed by atoms with E-state index in [0.29, 0.717) is 69.8 Å². The molecule has 14 nitrogen and oxygen atoms in total. The van der Waals surface area contributed by atoms with Crippen LogP contribution in [0.1, 0.15) is 112 Å². The molecule has 4 unspecified atom stereocenters. The summed E-state index contributed by atoms with van der Waals surface area (Å²) < 4.78 is 29.4. The van der Waals surface area contributed by atoms with Gasteiger partial charge in [0.15, 0.2) is 5.78 Å². The highest BCUT2D eigenvalue weighted by molar-refractivity contribution is 6.39. The smallest absolute Gasteiger partial charge is 0.329 e. The molecule has 5 aliphatic rings. The Balaban J connectivity index is 1.51. The molecule has 358 valence electrons. The molecule has 4 heterocycles. The van der Waals surface area contributed by atoms with Crippen molar-refractivity contribution in [2.75, 3.05) is 27.9 Å². The number of carbonyl (C=O) groups excluding carboxylic acids is 5. The number of amides is 1. The summed E-state index contributed by atoms with van der Waals surface area (Å²) in [4.78, 5) is 72.0. The fourth-order valence-electron chi connectivity index (χ4n) is 10.9. The van der Waals surface area contributed by atoms with Crippen LogP contribution in [0.15, 0.2) is 47.6 Å². The Bertz CT molecular complexity index is 1790. The van der Waals surface area contributed by atoms with Gasteiger partial charge >= 0.3 is 5.97 Å². The van der Waals surface area contributed by atoms with Gasteiger partial charge in [-0.15, -0.1) is 0 Å². The predicted octanol–water partition coefficient (Wildman–Crippen LogP) is 5.40. The lowest BCUT2D eigenvalue weighted by Crippen LogP contribution is -2.65. The number of hydrogen-bond acceptors (Lipinski definition) is 13. The van der Waals surface area contributed by atoms with E-state index < -0.39 is 95.7 Å². The molecule has 3 N–H and O–H groups in total. The van der Waals surface area contributed by atoms with Gasteiger partial charge < -0.3 is 43.9 Å². The third-order valence-corrected chi connectivity index (χ3v) is 14.9. The zero-order valence-corrected chi connectivity index (χ0v) is 39.5. The van der Waals surface area contributed by atoms with Crippen LogP contribution < -0.4 is 0 Å². The van der Waals surface area contributed by atoms with Crippen molar-refractivity contribution < 1.29 is 63.0 Å². The van der Waals surface area contributed by atoms with Crippen molar-refractivity contribution in [1.29, 1.82) is 0 Å². The van der Waals surface area contributed by atoms with E-state index in [9.17, 15) is 39.3 Å². The van der Waals surface area contributed by atoms with Crippen LogP contribution in [0.25, 0.3) is 0 Å². The summed E-state index contributed by atoms with van der Waals surface area (Å²) >= 11 is 0. The second-order valence-corrected chi connectivity index (χ2v) is 19.5. The molecule has 6 bridgehead atoms. The molecule has 64 heavy (non-hydrogen) atoms. The molecular formula is C50H75NO13. The highest BCUT2D eigenvalue weighted by Gasteiger charge is 2.57. The molecule has 3 saturated heterocycles. The molecule has 16 atom stereocenters. The maximum absolute atomic E-state index is 14.4. The summed E-state index contributed by atoms with van der Waals surface area (Å²) in [5.74, 6) is -8.43. The number of methoxy groups -OCH3 is 3. The molecule has 0 spiro atoms. The van der Waals surface area contributed by atoms with Crippen molar-refractivity contribution in [2.24, 2.45) is 41.4 Å². The van der Waals surface area contributed by atoms with E-state index in [2.05, 4.69) is 0 Å². The Morgan fingerprint density at radius 3 is 2.27 bits per heavy atom. The van der Waals surface area contributed by atoms with Crippen LogP contribution in [0.3, 0.4) is 0 Å². The highest BCUT2D eigenvalue weighted by atomic mass is 16.6. The van der Waals surface area contributed by atoms with Crippen LogP contribution in [0.5, 0.6) is 0 Å². The largest absolute Gasteiger partial charge is 0.460 e. The molecule has 5 rings (SSSR count). The Kier molecular flexibility index (Phi) is 18.5. The standard InChI is InChI=1S/C50H75NO13/c1-28-14-11-10-12-15-29(2)40(60-7)26-35-19-17-33(6)50(59,64-35)47(56)48(57)51-21-13-16-36-37(24-34-18-20-38(52)42(25-34)61-8)41(63-49(58)43(36)51)27-39(53)30(3)23-32(5)45(55)46(62-9)44(54)31(4)22-28/h10-12,14-15,23,28,30-31,33-38,40-43,45-46,52,55,59H,13,16-22,24-27H2,1-9H3/b12-10+,14-11+,29-15+,32-23+/t28-,30-,31-,33-,34+,35?,36?,37+,38-,40+,41+,42-,43?,45-,46+,50?/m1/s1. The number of hydrogen-bond donors (Lipinski definition) is 3. The molecule has 0 radical (unpaired) electrons. The summed E-state index contributed by atoms with van der Waals surface area (Å²) in [5, 5.41) is 34.1. The van der Waals surface area contributed by atoms with Crippen molar-refractivity contribution in [1.82, 2.24) is 4.90 Å².